The zero-order chi connectivity index (χ0) is 14.5. The number of carbonyl (C=O) groups excluding carboxylic acids is 1. The van der Waals surface area contributed by atoms with E-state index in [2.05, 4.69) is 46.4 Å². The summed E-state index contributed by atoms with van der Waals surface area (Å²) in [7, 11) is 0. The Labute approximate surface area is 120 Å². The van der Waals surface area contributed by atoms with Crippen LogP contribution in [0.25, 0.3) is 0 Å². The smallest absolute Gasteiger partial charge is 0.238 e. The monoisotopic (exact) mass is 276 g/mol. The molecule has 1 aromatic carbocycles. The number of benzene rings is 1. The van der Waals surface area contributed by atoms with Crippen molar-refractivity contribution >= 4 is 11.6 Å². The molecule has 1 aliphatic heterocycles. The van der Waals surface area contributed by atoms with Crippen LogP contribution in [0.5, 0.6) is 0 Å². The Morgan fingerprint density at radius 1 is 1.15 bits per heavy atom. The highest BCUT2D eigenvalue weighted by atomic mass is 16.2. The molecule has 0 aromatic heterocycles. The molecule has 1 saturated heterocycles. The Morgan fingerprint density at radius 2 is 1.75 bits per heavy atom. The van der Waals surface area contributed by atoms with Gasteiger partial charge in [-0.25, -0.2) is 5.84 Å². The van der Waals surface area contributed by atoms with E-state index in [-0.39, 0.29) is 17.9 Å². The number of carbonyl (C=O) groups is 1. The SMILES string of the molecule is CC(C(=O)NN)C(C)N1CCN(c2ccccc2)CC1. The van der Waals surface area contributed by atoms with Gasteiger partial charge in [-0.2, -0.15) is 0 Å². The molecule has 5 heteroatoms. The molecule has 1 aliphatic rings. The van der Waals surface area contributed by atoms with Gasteiger partial charge < -0.3 is 4.90 Å². The minimum absolute atomic E-state index is 0.0942. The molecule has 20 heavy (non-hydrogen) atoms. The van der Waals surface area contributed by atoms with Crippen LogP contribution in [0.3, 0.4) is 0 Å². The first kappa shape index (κ1) is 14.8. The lowest BCUT2D eigenvalue weighted by molar-refractivity contribution is -0.126. The molecule has 0 radical (unpaired) electrons. The third-order valence-corrected chi connectivity index (χ3v) is 4.29. The Bertz CT molecular complexity index is 429. The zero-order valence-electron chi connectivity index (χ0n) is 12.2. The first-order valence-corrected chi connectivity index (χ1v) is 7.18. The first-order valence-electron chi connectivity index (χ1n) is 7.18. The molecule has 2 atom stereocenters. The van der Waals surface area contributed by atoms with Gasteiger partial charge in [-0.05, 0) is 19.1 Å². The van der Waals surface area contributed by atoms with Crippen LogP contribution in [0.15, 0.2) is 30.3 Å². The summed E-state index contributed by atoms with van der Waals surface area (Å²) in [6.07, 6.45) is 0. The molecule has 1 amide bonds. The van der Waals surface area contributed by atoms with E-state index in [0.717, 1.165) is 26.2 Å². The molecule has 1 fully saturated rings. The molecular formula is C15H24N4O. The maximum absolute atomic E-state index is 11.6. The van der Waals surface area contributed by atoms with Crippen LogP contribution >= 0.6 is 0 Å². The lowest BCUT2D eigenvalue weighted by atomic mass is 10.0. The maximum Gasteiger partial charge on any atom is 0.238 e. The quantitative estimate of drug-likeness (QED) is 0.486. The second-order valence-electron chi connectivity index (χ2n) is 5.40. The van der Waals surface area contributed by atoms with Gasteiger partial charge in [0.15, 0.2) is 0 Å². The Kier molecular flexibility index (Phi) is 4.98. The lowest BCUT2D eigenvalue weighted by Gasteiger charge is -2.40. The maximum atomic E-state index is 11.6. The van der Waals surface area contributed by atoms with Crippen LogP contribution in [0, 0.1) is 5.92 Å². The van der Waals surface area contributed by atoms with Gasteiger partial charge in [-0.1, -0.05) is 25.1 Å². The number of hydrogen-bond donors (Lipinski definition) is 2. The van der Waals surface area contributed by atoms with Gasteiger partial charge in [-0.3, -0.25) is 15.1 Å². The van der Waals surface area contributed by atoms with Crippen LogP contribution in [0.2, 0.25) is 0 Å². The standard InChI is InChI=1S/C15H24N4O/c1-12(15(20)17-16)13(2)18-8-10-19(11-9-18)14-6-4-3-5-7-14/h3-7,12-13H,8-11,16H2,1-2H3,(H,17,20). The van der Waals surface area contributed by atoms with E-state index in [4.69, 9.17) is 5.84 Å². The molecule has 1 aromatic rings. The number of nitrogens with zero attached hydrogens (tertiary/aromatic N) is 2. The number of piperazine rings is 1. The highest BCUT2D eigenvalue weighted by molar-refractivity contribution is 5.78. The van der Waals surface area contributed by atoms with E-state index >= 15 is 0 Å². The zero-order valence-corrected chi connectivity index (χ0v) is 12.2. The number of anilines is 1. The fourth-order valence-electron chi connectivity index (χ4n) is 2.69. The number of hydrazine groups is 1. The van der Waals surface area contributed by atoms with Crippen molar-refractivity contribution in [2.75, 3.05) is 31.1 Å². The molecule has 1 heterocycles. The summed E-state index contributed by atoms with van der Waals surface area (Å²) in [5.41, 5.74) is 3.51. The predicted molar refractivity (Wildman–Crippen MR) is 81.2 cm³/mol. The molecule has 110 valence electrons. The summed E-state index contributed by atoms with van der Waals surface area (Å²) in [6.45, 7) is 7.95. The van der Waals surface area contributed by atoms with Crippen LogP contribution < -0.4 is 16.2 Å². The van der Waals surface area contributed by atoms with E-state index in [0.29, 0.717) is 0 Å². The number of para-hydroxylation sites is 1. The van der Waals surface area contributed by atoms with Gasteiger partial charge in [0.1, 0.15) is 0 Å². The van der Waals surface area contributed by atoms with Gasteiger partial charge in [0.05, 0.1) is 5.92 Å². The number of nitrogens with one attached hydrogen (secondary N) is 1. The molecule has 5 nitrogen and oxygen atoms in total. The van der Waals surface area contributed by atoms with Crippen LogP contribution in [0.4, 0.5) is 5.69 Å². The van der Waals surface area contributed by atoms with Gasteiger partial charge in [0.25, 0.3) is 0 Å². The fraction of sp³-hybridized carbons (Fsp3) is 0.533. The lowest BCUT2D eigenvalue weighted by Crippen LogP contribution is -2.53. The minimum Gasteiger partial charge on any atom is -0.369 e. The van der Waals surface area contributed by atoms with E-state index in [1.165, 1.54) is 5.69 Å². The number of rotatable bonds is 4. The van der Waals surface area contributed by atoms with Crippen molar-refractivity contribution in [3.63, 3.8) is 0 Å². The van der Waals surface area contributed by atoms with Crippen molar-refractivity contribution < 1.29 is 4.79 Å². The van der Waals surface area contributed by atoms with Crippen LogP contribution in [-0.2, 0) is 4.79 Å². The van der Waals surface area contributed by atoms with Crippen LogP contribution in [0.1, 0.15) is 13.8 Å². The number of hydrogen-bond acceptors (Lipinski definition) is 4. The largest absolute Gasteiger partial charge is 0.369 e. The predicted octanol–water partition coefficient (Wildman–Crippen LogP) is 0.823. The Balaban J connectivity index is 1.89. The van der Waals surface area contributed by atoms with Crippen molar-refractivity contribution in [2.24, 2.45) is 11.8 Å². The average molecular weight is 276 g/mol. The normalized spacial score (nSPS) is 19.4. The molecule has 2 unspecified atom stereocenters. The van der Waals surface area contributed by atoms with Gasteiger partial charge >= 0.3 is 0 Å². The summed E-state index contributed by atoms with van der Waals surface area (Å²) in [6, 6.07) is 10.7. The molecular weight excluding hydrogens is 252 g/mol. The first-order chi connectivity index (χ1) is 9.63. The topological polar surface area (TPSA) is 61.6 Å². The Morgan fingerprint density at radius 3 is 2.30 bits per heavy atom. The summed E-state index contributed by atoms with van der Waals surface area (Å²) in [5.74, 6) is 5.02. The minimum atomic E-state index is -0.0945. The average Bonchev–Trinajstić information content (AvgIpc) is 2.53. The third kappa shape index (κ3) is 3.29. The van der Waals surface area contributed by atoms with E-state index in [1.54, 1.807) is 0 Å². The summed E-state index contributed by atoms with van der Waals surface area (Å²) < 4.78 is 0. The summed E-state index contributed by atoms with van der Waals surface area (Å²) in [5, 5.41) is 0. The number of nitrogens with two attached hydrogens (primary N) is 1. The van der Waals surface area contributed by atoms with Gasteiger partial charge in [0.2, 0.25) is 5.91 Å². The van der Waals surface area contributed by atoms with Crippen molar-refractivity contribution in [3.8, 4) is 0 Å². The molecule has 0 spiro atoms. The van der Waals surface area contributed by atoms with Gasteiger partial charge in [-0.15, -0.1) is 0 Å². The molecule has 0 aliphatic carbocycles. The summed E-state index contributed by atoms with van der Waals surface area (Å²) in [4.78, 5) is 16.4. The van der Waals surface area contributed by atoms with Crippen molar-refractivity contribution in [1.82, 2.24) is 10.3 Å². The summed E-state index contributed by atoms with van der Waals surface area (Å²) >= 11 is 0. The van der Waals surface area contributed by atoms with E-state index in [9.17, 15) is 4.79 Å². The molecule has 3 N–H and O–H groups in total. The van der Waals surface area contributed by atoms with Crippen LogP contribution in [-0.4, -0.2) is 43.0 Å². The molecule has 0 saturated carbocycles. The van der Waals surface area contributed by atoms with E-state index in [1.807, 2.05) is 13.0 Å². The number of amides is 1. The molecule has 2 rings (SSSR count). The van der Waals surface area contributed by atoms with Crippen molar-refractivity contribution in [2.45, 2.75) is 19.9 Å². The highest BCUT2D eigenvalue weighted by Gasteiger charge is 2.27. The fourth-order valence-corrected chi connectivity index (χ4v) is 2.69. The van der Waals surface area contributed by atoms with Crippen molar-refractivity contribution in [1.29, 1.82) is 0 Å². The Hall–Kier alpha value is -1.59. The highest BCUT2D eigenvalue weighted by Crippen LogP contribution is 2.18. The third-order valence-electron chi connectivity index (χ3n) is 4.29. The molecule has 0 bridgehead atoms. The second kappa shape index (κ2) is 6.72. The van der Waals surface area contributed by atoms with Gasteiger partial charge in [0, 0.05) is 37.9 Å². The van der Waals surface area contributed by atoms with Crippen molar-refractivity contribution in [3.05, 3.63) is 30.3 Å². The van der Waals surface area contributed by atoms with E-state index < -0.39 is 0 Å². The second-order valence-corrected chi connectivity index (χ2v) is 5.40.